The quantitative estimate of drug-likeness (QED) is 0.668. The number of hydrogen-bond donors (Lipinski definition) is 1. The molecular formula is C13H30N2. The fraction of sp³-hybridized carbons (Fsp3) is 1.00. The molecule has 0 aliphatic carbocycles. The average Bonchev–Trinajstić information content (AvgIpc) is 2.17. The zero-order chi connectivity index (χ0) is 11.8. The van der Waals surface area contributed by atoms with Crippen LogP contribution >= 0.6 is 0 Å². The molecule has 0 saturated carbocycles. The molecule has 0 amide bonds. The van der Waals surface area contributed by atoms with Gasteiger partial charge in [-0.25, -0.2) is 0 Å². The topological polar surface area (TPSA) is 15.3 Å². The molecule has 1 unspecified atom stereocenters. The first-order chi connectivity index (χ1) is 7.02. The minimum Gasteiger partial charge on any atom is -0.312 e. The Labute approximate surface area is 96.4 Å². The van der Waals surface area contributed by atoms with Gasteiger partial charge in [0.2, 0.25) is 0 Å². The SMILES string of the molecule is CCC(NCCN(CC)C(C)C)C(C)C. The van der Waals surface area contributed by atoms with Crippen LogP contribution < -0.4 is 5.32 Å². The van der Waals surface area contributed by atoms with E-state index in [9.17, 15) is 0 Å². The third-order valence-electron chi connectivity index (χ3n) is 3.19. The summed E-state index contributed by atoms with van der Waals surface area (Å²) in [4.78, 5) is 2.50. The monoisotopic (exact) mass is 214 g/mol. The average molecular weight is 214 g/mol. The molecule has 92 valence electrons. The van der Waals surface area contributed by atoms with Crippen LogP contribution in [-0.2, 0) is 0 Å². The van der Waals surface area contributed by atoms with Crippen LogP contribution in [0.5, 0.6) is 0 Å². The first-order valence-electron chi connectivity index (χ1n) is 6.50. The normalized spacial score (nSPS) is 14.2. The molecule has 2 heteroatoms. The highest BCUT2D eigenvalue weighted by molar-refractivity contribution is 4.70. The lowest BCUT2D eigenvalue weighted by molar-refractivity contribution is 0.226. The molecule has 0 heterocycles. The van der Waals surface area contributed by atoms with Gasteiger partial charge in [0.05, 0.1) is 0 Å². The summed E-state index contributed by atoms with van der Waals surface area (Å²) in [6, 6.07) is 1.34. The van der Waals surface area contributed by atoms with E-state index >= 15 is 0 Å². The maximum absolute atomic E-state index is 3.65. The van der Waals surface area contributed by atoms with Crippen LogP contribution in [0.15, 0.2) is 0 Å². The summed E-state index contributed by atoms with van der Waals surface area (Å²) in [6.45, 7) is 17.0. The molecule has 0 radical (unpaired) electrons. The minimum atomic E-state index is 0.663. The highest BCUT2D eigenvalue weighted by Gasteiger charge is 2.11. The molecule has 0 rings (SSSR count). The number of rotatable bonds is 8. The zero-order valence-electron chi connectivity index (χ0n) is 11.5. The molecular weight excluding hydrogens is 184 g/mol. The summed E-state index contributed by atoms with van der Waals surface area (Å²) in [5, 5.41) is 3.65. The fourth-order valence-electron chi connectivity index (χ4n) is 2.03. The molecule has 2 nitrogen and oxygen atoms in total. The molecule has 0 fully saturated rings. The third-order valence-corrected chi connectivity index (χ3v) is 3.19. The Kier molecular flexibility index (Phi) is 8.07. The van der Waals surface area contributed by atoms with Crippen molar-refractivity contribution in [3.05, 3.63) is 0 Å². The van der Waals surface area contributed by atoms with Gasteiger partial charge >= 0.3 is 0 Å². The zero-order valence-corrected chi connectivity index (χ0v) is 11.5. The van der Waals surface area contributed by atoms with Crippen molar-refractivity contribution < 1.29 is 0 Å². The van der Waals surface area contributed by atoms with Gasteiger partial charge in [0.1, 0.15) is 0 Å². The van der Waals surface area contributed by atoms with Crippen LogP contribution in [0.3, 0.4) is 0 Å². The Morgan fingerprint density at radius 2 is 1.67 bits per heavy atom. The maximum Gasteiger partial charge on any atom is 0.0110 e. The van der Waals surface area contributed by atoms with Gasteiger partial charge in [-0.2, -0.15) is 0 Å². The first-order valence-corrected chi connectivity index (χ1v) is 6.50. The van der Waals surface area contributed by atoms with Crippen molar-refractivity contribution in [3.8, 4) is 0 Å². The summed E-state index contributed by atoms with van der Waals surface area (Å²) in [5.41, 5.74) is 0. The van der Waals surface area contributed by atoms with E-state index in [4.69, 9.17) is 0 Å². The lowest BCUT2D eigenvalue weighted by Crippen LogP contribution is -2.41. The Morgan fingerprint density at radius 1 is 1.07 bits per heavy atom. The van der Waals surface area contributed by atoms with Crippen LogP contribution in [0.2, 0.25) is 0 Å². The lowest BCUT2D eigenvalue weighted by atomic mass is 10.0. The Balaban J connectivity index is 3.75. The van der Waals surface area contributed by atoms with E-state index in [-0.39, 0.29) is 0 Å². The second-order valence-corrected chi connectivity index (χ2v) is 4.94. The Hall–Kier alpha value is -0.0800. The molecule has 1 atom stereocenters. The van der Waals surface area contributed by atoms with Crippen LogP contribution in [0.4, 0.5) is 0 Å². The van der Waals surface area contributed by atoms with Gasteiger partial charge in [-0.05, 0) is 32.7 Å². The number of nitrogens with zero attached hydrogens (tertiary/aromatic N) is 1. The van der Waals surface area contributed by atoms with Crippen molar-refractivity contribution in [3.63, 3.8) is 0 Å². The summed E-state index contributed by atoms with van der Waals surface area (Å²) >= 11 is 0. The van der Waals surface area contributed by atoms with E-state index in [1.54, 1.807) is 0 Å². The summed E-state index contributed by atoms with van der Waals surface area (Å²) in [6.07, 6.45) is 1.23. The second kappa shape index (κ2) is 8.12. The largest absolute Gasteiger partial charge is 0.312 e. The molecule has 0 aromatic rings. The van der Waals surface area contributed by atoms with Gasteiger partial charge in [-0.1, -0.05) is 27.7 Å². The first kappa shape index (κ1) is 14.9. The third kappa shape index (κ3) is 6.16. The molecule has 0 aromatic carbocycles. The smallest absolute Gasteiger partial charge is 0.0110 e. The molecule has 15 heavy (non-hydrogen) atoms. The van der Waals surface area contributed by atoms with Crippen molar-refractivity contribution in [2.45, 2.75) is 60.0 Å². The highest BCUT2D eigenvalue weighted by atomic mass is 15.2. The second-order valence-electron chi connectivity index (χ2n) is 4.94. The predicted octanol–water partition coefficient (Wildman–Crippen LogP) is 2.74. The minimum absolute atomic E-state index is 0.663. The Morgan fingerprint density at radius 3 is 2.00 bits per heavy atom. The summed E-state index contributed by atoms with van der Waals surface area (Å²) < 4.78 is 0. The van der Waals surface area contributed by atoms with E-state index < -0.39 is 0 Å². The van der Waals surface area contributed by atoms with Crippen molar-refractivity contribution in [1.29, 1.82) is 0 Å². The van der Waals surface area contributed by atoms with Crippen LogP contribution in [0.1, 0.15) is 48.0 Å². The molecule has 0 saturated heterocycles. The van der Waals surface area contributed by atoms with E-state index in [1.165, 1.54) is 6.42 Å². The van der Waals surface area contributed by atoms with Gasteiger partial charge in [0.25, 0.3) is 0 Å². The van der Waals surface area contributed by atoms with Crippen molar-refractivity contribution in [2.75, 3.05) is 19.6 Å². The Bertz CT molecular complexity index is 127. The standard InChI is InChI=1S/C13H30N2/c1-7-13(11(3)4)14-9-10-15(8-2)12(5)6/h11-14H,7-10H2,1-6H3. The van der Waals surface area contributed by atoms with E-state index in [0.717, 1.165) is 25.6 Å². The van der Waals surface area contributed by atoms with Crippen LogP contribution in [-0.4, -0.2) is 36.6 Å². The number of hydrogen-bond acceptors (Lipinski definition) is 2. The van der Waals surface area contributed by atoms with E-state index in [1.807, 2.05) is 0 Å². The fourth-order valence-corrected chi connectivity index (χ4v) is 2.03. The van der Waals surface area contributed by atoms with Gasteiger partial charge in [-0.15, -0.1) is 0 Å². The maximum atomic E-state index is 3.65. The van der Waals surface area contributed by atoms with E-state index in [2.05, 4.69) is 51.8 Å². The molecule has 0 aromatic heterocycles. The summed E-state index contributed by atoms with van der Waals surface area (Å²) in [7, 11) is 0. The van der Waals surface area contributed by atoms with Crippen molar-refractivity contribution in [1.82, 2.24) is 10.2 Å². The van der Waals surface area contributed by atoms with E-state index in [0.29, 0.717) is 12.1 Å². The highest BCUT2D eigenvalue weighted by Crippen LogP contribution is 2.05. The summed E-state index contributed by atoms with van der Waals surface area (Å²) in [5.74, 6) is 0.740. The molecule has 1 N–H and O–H groups in total. The van der Waals surface area contributed by atoms with Crippen LogP contribution in [0.25, 0.3) is 0 Å². The van der Waals surface area contributed by atoms with Gasteiger partial charge in [-0.3, -0.25) is 4.90 Å². The van der Waals surface area contributed by atoms with Gasteiger partial charge in [0.15, 0.2) is 0 Å². The lowest BCUT2D eigenvalue weighted by Gasteiger charge is -2.27. The van der Waals surface area contributed by atoms with Crippen molar-refractivity contribution in [2.24, 2.45) is 5.92 Å². The van der Waals surface area contributed by atoms with Gasteiger partial charge < -0.3 is 5.32 Å². The number of nitrogens with one attached hydrogen (secondary N) is 1. The van der Waals surface area contributed by atoms with Crippen LogP contribution in [0, 0.1) is 5.92 Å². The number of likely N-dealkylation sites (N-methyl/N-ethyl adjacent to an activating group) is 1. The molecule has 0 aliphatic rings. The predicted molar refractivity (Wildman–Crippen MR) is 69.3 cm³/mol. The van der Waals surface area contributed by atoms with Crippen molar-refractivity contribution >= 4 is 0 Å². The molecule has 0 bridgehead atoms. The molecule has 0 spiro atoms. The molecule has 0 aliphatic heterocycles. The van der Waals surface area contributed by atoms with Gasteiger partial charge in [0, 0.05) is 25.2 Å².